The summed E-state index contributed by atoms with van der Waals surface area (Å²) in [4.78, 5) is 38.4. The number of aliphatic hydroxyl groups is 1. The van der Waals surface area contributed by atoms with Gasteiger partial charge in [-0.1, -0.05) is 0 Å². The van der Waals surface area contributed by atoms with E-state index in [-0.39, 0.29) is 17.5 Å². The van der Waals surface area contributed by atoms with Crippen LogP contribution in [-0.4, -0.2) is 68.4 Å². The summed E-state index contributed by atoms with van der Waals surface area (Å²) < 4.78 is 5.25. The van der Waals surface area contributed by atoms with Crippen molar-refractivity contribution in [3.63, 3.8) is 0 Å². The van der Waals surface area contributed by atoms with Gasteiger partial charge in [-0.05, 0) is 55.5 Å². The summed E-state index contributed by atoms with van der Waals surface area (Å²) in [5.41, 5.74) is 4.87. The fraction of sp³-hybridized carbons (Fsp3) is 0.375. The number of hydrogen-bond donors (Lipinski definition) is 3. The smallest absolute Gasteiger partial charge is 0.284 e. The molecule has 0 spiro atoms. The molecule has 0 aliphatic carbocycles. The molecule has 0 bridgehead atoms. The molecule has 3 aromatic rings. The molecule has 2 amide bonds. The normalized spacial score (nSPS) is 17.5. The van der Waals surface area contributed by atoms with E-state index in [0.717, 1.165) is 21.5 Å². The molecule has 5 heterocycles. The first kappa shape index (κ1) is 23.5. The van der Waals surface area contributed by atoms with Crippen LogP contribution in [0.5, 0.6) is 5.88 Å². The Balaban J connectivity index is 1.17. The van der Waals surface area contributed by atoms with Crippen LogP contribution in [0.2, 0.25) is 0 Å². The first-order chi connectivity index (χ1) is 16.9. The molecule has 35 heavy (non-hydrogen) atoms. The predicted molar refractivity (Wildman–Crippen MR) is 131 cm³/mol. The number of ether oxygens (including phenoxy) is 1. The van der Waals surface area contributed by atoms with E-state index >= 15 is 0 Å². The fourth-order valence-corrected chi connectivity index (χ4v) is 5.08. The zero-order valence-electron chi connectivity index (χ0n) is 19.3. The molecular weight excluding hydrogens is 468 g/mol. The molecule has 10 nitrogen and oxygen atoms in total. The number of rotatable bonds is 6. The minimum atomic E-state index is -0.832. The van der Waals surface area contributed by atoms with E-state index in [9.17, 15) is 14.7 Å². The van der Waals surface area contributed by atoms with Gasteiger partial charge >= 0.3 is 0 Å². The van der Waals surface area contributed by atoms with Gasteiger partial charge in [0.05, 0.1) is 34.4 Å². The van der Waals surface area contributed by atoms with Gasteiger partial charge in [-0.2, -0.15) is 0 Å². The Hall–Kier alpha value is -3.28. The third kappa shape index (κ3) is 5.21. The molecule has 0 aromatic carbocycles. The number of anilines is 1. The van der Waals surface area contributed by atoms with Gasteiger partial charge in [0, 0.05) is 25.4 Å². The number of fused-ring (bicyclic) bond motifs is 2. The lowest BCUT2D eigenvalue weighted by Gasteiger charge is -2.38. The summed E-state index contributed by atoms with van der Waals surface area (Å²) in [5, 5.41) is 15.7. The number of aromatic nitrogens is 3. The molecular formula is C24H26N6O4S. The highest BCUT2D eigenvalue weighted by molar-refractivity contribution is 8.00. The number of nitrogens with zero attached hydrogens (tertiary/aromatic N) is 4. The van der Waals surface area contributed by atoms with E-state index in [4.69, 9.17) is 4.74 Å². The Kier molecular flexibility index (Phi) is 6.54. The fourth-order valence-electron chi connectivity index (χ4n) is 4.32. The second-order valence-corrected chi connectivity index (χ2v) is 9.74. The Morgan fingerprint density at radius 2 is 2.06 bits per heavy atom. The zero-order valence-corrected chi connectivity index (χ0v) is 20.1. The molecule has 0 atom stereocenters. The number of hydrazine groups is 1. The van der Waals surface area contributed by atoms with E-state index in [1.807, 2.05) is 12.1 Å². The highest BCUT2D eigenvalue weighted by Gasteiger charge is 2.33. The maximum absolute atomic E-state index is 12.7. The van der Waals surface area contributed by atoms with E-state index in [2.05, 4.69) is 25.7 Å². The maximum Gasteiger partial charge on any atom is 0.284 e. The topological polar surface area (TPSA) is 130 Å². The van der Waals surface area contributed by atoms with Crippen molar-refractivity contribution < 1.29 is 19.4 Å². The predicted octanol–water partition coefficient (Wildman–Crippen LogP) is 2.18. The van der Waals surface area contributed by atoms with Crippen LogP contribution in [-0.2, 0) is 11.2 Å². The average Bonchev–Trinajstić information content (AvgIpc) is 2.88. The van der Waals surface area contributed by atoms with Crippen LogP contribution in [0.15, 0.2) is 41.4 Å². The van der Waals surface area contributed by atoms with Crippen molar-refractivity contribution in [2.24, 2.45) is 0 Å². The quantitative estimate of drug-likeness (QED) is 0.472. The monoisotopic (exact) mass is 494 g/mol. The summed E-state index contributed by atoms with van der Waals surface area (Å²) >= 11 is 1.40. The van der Waals surface area contributed by atoms with E-state index < -0.39 is 5.60 Å². The zero-order chi connectivity index (χ0) is 24.4. The van der Waals surface area contributed by atoms with Gasteiger partial charge in [-0.3, -0.25) is 20.0 Å². The number of nitrogens with one attached hydrogen (secondary N) is 2. The molecule has 0 unspecified atom stereocenters. The van der Waals surface area contributed by atoms with Gasteiger partial charge in [-0.15, -0.1) is 11.8 Å². The van der Waals surface area contributed by atoms with Crippen molar-refractivity contribution in [3.05, 3.63) is 47.8 Å². The van der Waals surface area contributed by atoms with Crippen LogP contribution in [0, 0.1) is 0 Å². The lowest BCUT2D eigenvalue weighted by Crippen LogP contribution is -2.51. The van der Waals surface area contributed by atoms with Crippen LogP contribution in [0.4, 0.5) is 5.82 Å². The number of pyridine rings is 3. The van der Waals surface area contributed by atoms with Crippen molar-refractivity contribution in [3.8, 4) is 5.88 Å². The summed E-state index contributed by atoms with van der Waals surface area (Å²) in [6, 6.07) is 9.04. The van der Waals surface area contributed by atoms with Gasteiger partial charge in [0.2, 0.25) is 11.8 Å². The van der Waals surface area contributed by atoms with E-state index in [1.54, 1.807) is 36.5 Å². The van der Waals surface area contributed by atoms with Gasteiger partial charge in [0.15, 0.2) is 0 Å². The van der Waals surface area contributed by atoms with Crippen molar-refractivity contribution in [1.82, 2.24) is 25.4 Å². The van der Waals surface area contributed by atoms with Gasteiger partial charge in [-0.25, -0.2) is 15.0 Å². The summed E-state index contributed by atoms with van der Waals surface area (Å²) in [5.74, 6) is 0.828. The van der Waals surface area contributed by atoms with Crippen molar-refractivity contribution in [2.45, 2.75) is 36.2 Å². The minimum Gasteiger partial charge on any atom is -0.481 e. The third-order valence-electron chi connectivity index (χ3n) is 6.37. The molecule has 3 aromatic heterocycles. The Morgan fingerprint density at radius 3 is 2.86 bits per heavy atom. The first-order valence-electron chi connectivity index (χ1n) is 11.4. The molecule has 2 aliphatic heterocycles. The molecule has 5 rings (SSSR count). The van der Waals surface area contributed by atoms with Crippen molar-refractivity contribution in [1.29, 1.82) is 0 Å². The van der Waals surface area contributed by atoms with Crippen molar-refractivity contribution in [2.75, 3.05) is 31.3 Å². The summed E-state index contributed by atoms with van der Waals surface area (Å²) in [7, 11) is 1.58. The molecule has 1 saturated heterocycles. The van der Waals surface area contributed by atoms with E-state index in [0.29, 0.717) is 56.2 Å². The number of piperidine rings is 1. The third-order valence-corrected chi connectivity index (χ3v) is 7.42. The molecule has 2 aliphatic rings. The number of aryl methyl sites for hydroxylation is 1. The summed E-state index contributed by atoms with van der Waals surface area (Å²) in [6.07, 6.45) is 4.04. The van der Waals surface area contributed by atoms with E-state index in [1.165, 1.54) is 11.8 Å². The van der Waals surface area contributed by atoms with Crippen LogP contribution in [0.1, 0.15) is 35.3 Å². The maximum atomic E-state index is 12.7. The second-order valence-electron chi connectivity index (χ2n) is 8.72. The molecule has 11 heteroatoms. The van der Waals surface area contributed by atoms with Gasteiger partial charge in [0.1, 0.15) is 11.5 Å². The molecule has 0 radical (unpaired) electrons. The number of methoxy groups -OCH3 is 1. The van der Waals surface area contributed by atoms with Crippen LogP contribution in [0.25, 0.3) is 11.0 Å². The Labute approximate surface area is 206 Å². The summed E-state index contributed by atoms with van der Waals surface area (Å²) in [6.45, 7) is 1.03. The number of thioether (sulfide) groups is 1. The lowest BCUT2D eigenvalue weighted by atomic mass is 9.86. The number of carbonyl (C=O) groups is 2. The first-order valence-corrected chi connectivity index (χ1v) is 12.4. The number of hydrogen-bond acceptors (Lipinski definition) is 9. The number of carbonyl (C=O) groups excluding carboxylic acids is 2. The highest BCUT2D eigenvalue weighted by atomic mass is 32.2. The average molecular weight is 495 g/mol. The minimum absolute atomic E-state index is 0.127. The molecule has 0 saturated carbocycles. The van der Waals surface area contributed by atoms with Crippen molar-refractivity contribution >= 4 is 40.4 Å². The SMILES string of the molecule is COc1ccc2nccc(CCC3(O)CCN(NC(=O)c4ccc5c(n4)NC(=O)CS5)CC3)c2n1. The van der Waals surface area contributed by atoms with Gasteiger partial charge < -0.3 is 15.2 Å². The van der Waals surface area contributed by atoms with Crippen LogP contribution < -0.4 is 15.5 Å². The second kappa shape index (κ2) is 9.76. The molecule has 182 valence electrons. The molecule has 3 N–H and O–H groups in total. The highest BCUT2D eigenvalue weighted by Crippen LogP contribution is 2.30. The Bertz CT molecular complexity index is 1280. The van der Waals surface area contributed by atoms with Crippen LogP contribution >= 0.6 is 11.8 Å². The largest absolute Gasteiger partial charge is 0.481 e. The molecule has 1 fully saturated rings. The van der Waals surface area contributed by atoms with Crippen LogP contribution in [0.3, 0.4) is 0 Å². The Morgan fingerprint density at radius 1 is 1.23 bits per heavy atom. The standard InChI is InChI=1S/C24H26N6O4S/c1-34-20-5-3-16-21(28-20)15(7-11-25-16)6-8-24(33)9-12-30(13-10-24)29-23(32)17-2-4-18-22(26-17)27-19(31)14-35-18/h2-5,7,11,33H,6,8-10,12-14H2,1H3,(H,29,32)(H,26,27,31). The number of amides is 2. The lowest BCUT2D eigenvalue weighted by molar-refractivity contribution is -0.113. The van der Waals surface area contributed by atoms with Gasteiger partial charge in [0.25, 0.3) is 5.91 Å².